The van der Waals surface area contributed by atoms with Gasteiger partial charge in [0.05, 0.1) is 67.7 Å². The topological polar surface area (TPSA) is 62.4 Å². The van der Waals surface area contributed by atoms with Crippen LogP contribution in [-0.4, -0.2) is 13.7 Å². The Morgan fingerprint density at radius 1 is 0.364 bits per heavy atom. The number of rotatable bonds is 4. The number of fused-ring (bicyclic) bond motifs is 9. The molecular weight excluding hydrogens is 671 g/mol. The van der Waals surface area contributed by atoms with Crippen molar-refractivity contribution in [2.45, 2.75) is 0 Å². The highest BCUT2D eigenvalue weighted by Gasteiger charge is 2.22. The Bertz CT molecular complexity index is 3420. The van der Waals surface area contributed by atoms with Crippen LogP contribution in [0.25, 0.3) is 93.6 Å². The van der Waals surface area contributed by atoms with Gasteiger partial charge >= 0.3 is 0 Å². The molecule has 11 aromatic rings. The average Bonchev–Trinajstić information content (AvgIpc) is 3.89. The van der Waals surface area contributed by atoms with Gasteiger partial charge in [0, 0.05) is 43.6 Å². The first kappa shape index (κ1) is 30.7. The molecule has 0 aliphatic rings. The Morgan fingerprint density at radius 2 is 0.891 bits per heavy atom. The van der Waals surface area contributed by atoms with Crippen LogP contribution in [0, 0.1) is 22.7 Å². The number of nitriles is 2. The van der Waals surface area contributed by atoms with E-state index in [0.29, 0.717) is 11.1 Å². The van der Waals surface area contributed by atoms with Gasteiger partial charge in [0.25, 0.3) is 0 Å². The van der Waals surface area contributed by atoms with E-state index in [2.05, 4.69) is 165 Å². The van der Waals surface area contributed by atoms with E-state index in [9.17, 15) is 10.5 Å². The first-order chi connectivity index (χ1) is 27.2. The lowest BCUT2D eigenvalue weighted by molar-refractivity contribution is 1.16. The van der Waals surface area contributed by atoms with E-state index >= 15 is 0 Å². The van der Waals surface area contributed by atoms with Crippen molar-refractivity contribution in [1.29, 1.82) is 10.5 Å². The van der Waals surface area contributed by atoms with Gasteiger partial charge in [-0.3, -0.25) is 0 Å². The second-order valence-electron chi connectivity index (χ2n) is 14.0. The SMILES string of the molecule is N#Cc1ccc2c3ccccc3n(-c3cccc(-c4c(C#N)cccc4-n4c5ccccc5c5c(-n6c7ccccc7c7ccccc76)cccc54)c3)c2c1. The molecule has 5 heteroatoms. The molecule has 254 valence electrons. The maximum atomic E-state index is 10.7. The predicted octanol–water partition coefficient (Wildman–Crippen LogP) is 12.4. The molecule has 0 N–H and O–H groups in total. The molecule has 0 radical (unpaired) electrons. The molecular formula is C50H29N5. The normalized spacial score (nSPS) is 11.6. The van der Waals surface area contributed by atoms with E-state index in [0.717, 1.165) is 82.8 Å². The van der Waals surface area contributed by atoms with Crippen molar-refractivity contribution in [2.24, 2.45) is 0 Å². The van der Waals surface area contributed by atoms with E-state index in [-0.39, 0.29) is 0 Å². The lowest BCUT2D eigenvalue weighted by Crippen LogP contribution is -2.01. The van der Waals surface area contributed by atoms with Crippen molar-refractivity contribution in [2.75, 3.05) is 0 Å². The zero-order valence-corrected chi connectivity index (χ0v) is 29.5. The Morgan fingerprint density at radius 3 is 1.56 bits per heavy atom. The van der Waals surface area contributed by atoms with Gasteiger partial charge in [-0.05, 0) is 78.4 Å². The molecule has 0 amide bonds. The number of benzene rings is 8. The van der Waals surface area contributed by atoms with E-state index in [1.165, 1.54) is 10.8 Å². The van der Waals surface area contributed by atoms with Gasteiger partial charge in [0.2, 0.25) is 0 Å². The summed E-state index contributed by atoms with van der Waals surface area (Å²) in [4.78, 5) is 0. The van der Waals surface area contributed by atoms with Gasteiger partial charge in [0.1, 0.15) is 0 Å². The van der Waals surface area contributed by atoms with Gasteiger partial charge in [-0.15, -0.1) is 0 Å². The Balaban J connectivity index is 1.20. The van der Waals surface area contributed by atoms with Gasteiger partial charge in [-0.1, -0.05) is 103 Å². The fourth-order valence-electron chi connectivity index (χ4n) is 8.87. The first-order valence-corrected chi connectivity index (χ1v) is 18.3. The molecule has 0 aliphatic carbocycles. The number of nitrogens with zero attached hydrogens (tertiary/aromatic N) is 5. The molecule has 0 saturated carbocycles. The minimum absolute atomic E-state index is 0.591. The molecule has 0 atom stereocenters. The van der Waals surface area contributed by atoms with Gasteiger partial charge in [-0.25, -0.2) is 0 Å². The third-order valence-corrected chi connectivity index (χ3v) is 11.1. The summed E-state index contributed by atoms with van der Waals surface area (Å²) in [5, 5.41) is 27.4. The molecule has 0 unspecified atom stereocenters. The van der Waals surface area contributed by atoms with Crippen molar-refractivity contribution < 1.29 is 0 Å². The standard InChI is InChI=1S/C50H29N5/c51-30-32-26-27-39-38-17-1-5-19-41(38)53(48(39)28-32)35-14-9-12-33(29-35)49-34(31-52)13-10-23-45(49)55-44-22-8-4-18-40(44)50-46(24-11-25-47(50)55)54-42-20-6-2-15-36(42)37-16-3-7-21-43(37)54/h1-29H. The Labute approximate surface area is 316 Å². The zero-order valence-electron chi connectivity index (χ0n) is 29.5. The van der Waals surface area contributed by atoms with Crippen LogP contribution in [0.3, 0.4) is 0 Å². The zero-order chi connectivity index (χ0) is 36.6. The number of para-hydroxylation sites is 4. The van der Waals surface area contributed by atoms with Crippen molar-refractivity contribution in [3.8, 4) is 40.3 Å². The highest BCUT2D eigenvalue weighted by atomic mass is 15.0. The third-order valence-electron chi connectivity index (χ3n) is 11.1. The first-order valence-electron chi connectivity index (χ1n) is 18.3. The van der Waals surface area contributed by atoms with Gasteiger partial charge in [0.15, 0.2) is 0 Å². The summed E-state index contributed by atoms with van der Waals surface area (Å²) < 4.78 is 6.94. The minimum atomic E-state index is 0.591. The molecule has 3 heterocycles. The quantitative estimate of drug-likeness (QED) is 0.184. The highest BCUT2D eigenvalue weighted by Crippen LogP contribution is 2.43. The third kappa shape index (κ3) is 4.39. The molecule has 55 heavy (non-hydrogen) atoms. The molecule has 8 aromatic carbocycles. The van der Waals surface area contributed by atoms with Crippen molar-refractivity contribution >= 4 is 65.4 Å². The van der Waals surface area contributed by atoms with Crippen molar-refractivity contribution in [1.82, 2.24) is 13.7 Å². The van der Waals surface area contributed by atoms with E-state index < -0.39 is 0 Å². The van der Waals surface area contributed by atoms with Gasteiger partial charge < -0.3 is 13.7 Å². The van der Waals surface area contributed by atoms with Crippen molar-refractivity contribution in [3.05, 3.63) is 187 Å². The van der Waals surface area contributed by atoms with Crippen LogP contribution in [0.4, 0.5) is 0 Å². The summed E-state index contributed by atoms with van der Waals surface area (Å²) in [5.41, 5.74) is 12.4. The monoisotopic (exact) mass is 699 g/mol. The summed E-state index contributed by atoms with van der Waals surface area (Å²) in [5.74, 6) is 0. The molecule has 0 bridgehead atoms. The molecule has 5 nitrogen and oxygen atoms in total. The maximum Gasteiger partial charge on any atom is 0.0998 e. The smallest absolute Gasteiger partial charge is 0.0998 e. The van der Waals surface area contributed by atoms with E-state index in [1.54, 1.807) is 0 Å². The summed E-state index contributed by atoms with van der Waals surface area (Å²) in [6, 6.07) is 65.9. The fraction of sp³-hybridized carbons (Fsp3) is 0. The Hall–Kier alpha value is -7.86. The van der Waals surface area contributed by atoms with Crippen LogP contribution in [0.15, 0.2) is 176 Å². The largest absolute Gasteiger partial charge is 0.309 e. The summed E-state index contributed by atoms with van der Waals surface area (Å²) in [6.07, 6.45) is 0. The Kier molecular flexibility index (Phi) is 6.61. The van der Waals surface area contributed by atoms with E-state index in [1.807, 2.05) is 36.4 Å². The maximum absolute atomic E-state index is 10.7. The van der Waals surface area contributed by atoms with Crippen LogP contribution in [0.1, 0.15) is 11.1 Å². The second kappa shape index (κ2) is 11.8. The molecule has 0 aliphatic heterocycles. The number of hydrogen-bond acceptors (Lipinski definition) is 2. The lowest BCUT2D eigenvalue weighted by Gasteiger charge is -2.17. The van der Waals surface area contributed by atoms with Crippen LogP contribution in [0.2, 0.25) is 0 Å². The molecule has 3 aromatic heterocycles. The van der Waals surface area contributed by atoms with Crippen LogP contribution in [-0.2, 0) is 0 Å². The summed E-state index contributed by atoms with van der Waals surface area (Å²) in [6.45, 7) is 0. The molecule has 0 fully saturated rings. The molecule has 0 spiro atoms. The predicted molar refractivity (Wildman–Crippen MR) is 224 cm³/mol. The molecule has 0 saturated heterocycles. The minimum Gasteiger partial charge on any atom is -0.309 e. The van der Waals surface area contributed by atoms with Crippen LogP contribution < -0.4 is 0 Å². The van der Waals surface area contributed by atoms with Crippen molar-refractivity contribution in [3.63, 3.8) is 0 Å². The summed E-state index contributed by atoms with van der Waals surface area (Å²) >= 11 is 0. The average molecular weight is 700 g/mol. The summed E-state index contributed by atoms with van der Waals surface area (Å²) in [7, 11) is 0. The van der Waals surface area contributed by atoms with Gasteiger partial charge in [-0.2, -0.15) is 10.5 Å². The number of aromatic nitrogens is 3. The van der Waals surface area contributed by atoms with Crippen LogP contribution in [0.5, 0.6) is 0 Å². The molecule has 11 rings (SSSR count). The highest BCUT2D eigenvalue weighted by molar-refractivity contribution is 6.17. The van der Waals surface area contributed by atoms with E-state index in [4.69, 9.17) is 0 Å². The fourth-order valence-corrected chi connectivity index (χ4v) is 8.87. The van der Waals surface area contributed by atoms with Crippen LogP contribution >= 0.6 is 0 Å². The lowest BCUT2D eigenvalue weighted by atomic mass is 9.97. The number of hydrogen-bond donors (Lipinski definition) is 0. The second-order valence-corrected chi connectivity index (χ2v) is 14.0.